The summed E-state index contributed by atoms with van der Waals surface area (Å²) >= 11 is 7.16. The van der Waals surface area contributed by atoms with Gasteiger partial charge in [0.2, 0.25) is 0 Å². The normalized spacial score (nSPS) is 11.7. The largest absolute Gasteiger partial charge is 0.484 e. The average molecular weight is 340 g/mol. The molecular weight excluding hydrogens is 326 g/mol. The van der Waals surface area contributed by atoms with Gasteiger partial charge in [-0.1, -0.05) is 17.7 Å². The van der Waals surface area contributed by atoms with Crippen molar-refractivity contribution < 1.29 is 19.4 Å². The first-order chi connectivity index (χ1) is 10.5. The third kappa shape index (κ3) is 5.05. The quantitative estimate of drug-likeness (QED) is 0.812. The summed E-state index contributed by atoms with van der Waals surface area (Å²) in [6.45, 7) is -0.191. The molecule has 1 aromatic heterocycles. The number of thiophene rings is 1. The minimum atomic E-state index is -0.975. The third-order valence-electron chi connectivity index (χ3n) is 2.78. The number of aliphatic carboxylic acids is 1. The van der Waals surface area contributed by atoms with Crippen LogP contribution in [-0.4, -0.2) is 23.6 Å². The Kier molecular flexibility index (Phi) is 5.80. The molecule has 7 heteroatoms. The molecule has 0 saturated carbocycles. The lowest BCUT2D eigenvalue weighted by atomic mass is 10.1. The number of ether oxygens (including phenoxy) is 1. The van der Waals surface area contributed by atoms with Crippen LogP contribution < -0.4 is 10.1 Å². The molecule has 0 aliphatic rings. The van der Waals surface area contributed by atoms with Crippen molar-refractivity contribution in [1.82, 2.24) is 5.32 Å². The summed E-state index contributed by atoms with van der Waals surface area (Å²) in [5, 5.41) is 14.0. The molecule has 1 amide bonds. The van der Waals surface area contributed by atoms with E-state index in [2.05, 4.69) is 5.32 Å². The molecule has 1 aromatic carbocycles. The lowest BCUT2D eigenvalue weighted by Gasteiger charge is -2.15. The van der Waals surface area contributed by atoms with Gasteiger partial charge in [-0.2, -0.15) is 0 Å². The highest BCUT2D eigenvalue weighted by Gasteiger charge is 2.19. The van der Waals surface area contributed by atoms with E-state index in [0.29, 0.717) is 10.8 Å². The maximum absolute atomic E-state index is 11.9. The number of carbonyl (C=O) groups is 2. The number of carboxylic acid groups (broad SMARTS) is 1. The van der Waals surface area contributed by atoms with Crippen molar-refractivity contribution in [2.45, 2.75) is 12.5 Å². The van der Waals surface area contributed by atoms with Crippen molar-refractivity contribution in [3.05, 3.63) is 51.7 Å². The van der Waals surface area contributed by atoms with Gasteiger partial charge in [0, 0.05) is 9.90 Å². The van der Waals surface area contributed by atoms with Gasteiger partial charge in [0.1, 0.15) is 5.75 Å². The van der Waals surface area contributed by atoms with Gasteiger partial charge in [0.15, 0.2) is 6.61 Å². The van der Waals surface area contributed by atoms with E-state index in [4.69, 9.17) is 21.4 Å². The Morgan fingerprint density at radius 1 is 1.27 bits per heavy atom. The second kappa shape index (κ2) is 7.82. The second-order valence-electron chi connectivity index (χ2n) is 4.48. The van der Waals surface area contributed by atoms with Crippen LogP contribution in [0.4, 0.5) is 0 Å². The van der Waals surface area contributed by atoms with Crippen molar-refractivity contribution in [3.8, 4) is 5.75 Å². The Morgan fingerprint density at radius 3 is 2.59 bits per heavy atom. The van der Waals surface area contributed by atoms with E-state index in [1.807, 2.05) is 11.4 Å². The van der Waals surface area contributed by atoms with Crippen molar-refractivity contribution in [3.63, 3.8) is 0 Å². The predicted octanol–water partition coefficient (Wildman–Crippen LogP) is 3.11. The number of benzene rings is 1. The van der Waals surface area contributed by atoms with Crippen LogP contribution in [-0.2, 0) is 9.59 Å². The fourth-order valence-electron chi connectivity index (χ4n) is 1.80. The SMILES string of the molecule is O=C(O)C[C@H](NC(=O)COc1ccc(Cl)cc1)c1cccs1. The molecule has 0 radical (unpaired) electrons. The van der Waals surface area contributed by atoms with E-state index in [1.165, 1.54) is 11.3 Å². The first kappa shape index (κ1) is 16.3. The standard InChI is InChI=1S/C15H14ClNO4S/c16-10-3-5-11(6-4-10)21-9-14(18)17-12(8-15(19)20)13-2-1-7-22-13/h1-7,12H,8-9H2,(H,17,18)(H,19,20)/t12-/m0/s1. The summed E-state index contributed by atoms with van der Waals surface area (Å²) < 4.78 is 5.33. The maximum atomic E-state index is 11.9. The zero-order valence-corrected chi connectivity index (χ0v) is 13.1. The Bertz CT molecular complexity index is 628. The molecule has 0 aliphatic carbocycles. The number of carboxylic acids is 1. The fourth-order valence-corrected chi connectivity index (χ4v) is 2.71. The van der Waals surface area contributed by atoms with Crippen LogP contribution in [0, 0.1) is 0 Å². The lowest BCUT2D eigenvalue weighted by molar-refractivity contribution is -0.137. The molecule has 2 aromatic rings. The third-order valence-corrected chi connectivity index (χ3v) is 4.02. The van der Waals surface area contributed by atoms with Crippen LogP contribution in [0.15, 0.2) is 41.8 Å². The Labute approximate surface area is 136 Å². The molecular formula is C15H14ClNO4S. The van der Waals surface area contributed by atoms with Crippen molar-refractivity contribution in [2.75, 3.05) is 6.61 Å². The number of carbonyl (C=O) groups excluding carboxylic acids is 1. The monoisotopic (exact) mass is 339 g/mol. The maximum Gasteiger partial charge on any atom is 0.305 e. The predicted molar refractivity (Wildman–Crippen MR) is 84.4 cm³/mol. The summed E-state index contributed by atoms with van der Waals surface area (Å²) in [6, 6.07) is 9.68. The molecule has 0 saturated heterocycles. The zero-order valence-electron chi connectivity index (χ0n) is 11.5. The van der Waals surface area contributed by atoms with E-state index in [-0.39, 0.29) is 18.9 Å². The number of hydrogen-bond donors (Lipinski definition) is 2. The Balaban J connectivity index is 1.90. The molecule has 2 rings (SSSR count). The fraction of sp³-hybridized carbons (Fsp3) is 0.200. The van der Waals surface area contributed by atoms with Gasteiger partial charge in [0.25, 0.3) is 5.91 Å². The second-order valence-corrected chi connectivity index (χ2v) is 5.89. The number of amides is 1. The van der Waals surface area contributed by atoms with Crippen LogP contribution in [0.25, 0.3) is 0 Å². The van der Waals surface area contributed by atoms with Gasteiger partial charge in [-0.3, -0.25) is 9.59 Å². The molecule has 0 aliphatic heterocycles. The topological polar surface area (TPSA) is 75.6 Å². The molecule has 1 heterocycles. The summed E-state index contributed by atoms with van der Waals surface area (Å²) in [5.41, 5.74) is 0. The molecule has 0 fully saturated rings. The minimum Gasteiger partial charge on any atom is -0.484 e. The van der Waals surface area contributed by atoms with E-state index < -0.39 is 12.0 Å². The molecule has 0 bridgehead atoms. The molecule has 0 spiro atoms. The van der Waals surface area contributed by atoms with Gasteiger partial charge in [0.05, 0.1) is 12.5 Å². The molecule has 116 valence electrons. The van der Waals surface area contributed by atoms with E-state index in [0.717, 1.165) is 4.88 Å². The van der Waals surface area contributed by atoms with Gasteiger partial charge in [-0.25, -0.2) is 0 Å². The van der Waals surface area contributed by atoms with Gasteiger partial charge in [-0.05, 0) is 35.7 Å². The summed E-state index contributed by atoms with van der Waals surface area (Å²) in [6.07, 6.45) is -0.173. The number of halogens is 1. The molecule has 2 N–H and O–H groups in total. The number of nitrogens with one attached hydrogen (secondary N) is 1. The van der Waals surface area contributed by atoms with Crippen molar-refractivity contribution in [2.24, 2.45) is 0 Å². The van der Waals surface area contributed by atoms with Crippen molar-refractivity contribution >= 4 is 34.8 Å². The summed E-state index contributed by atoms with van der Waals surface area (Å²) in [7, 11) is 0. The molecule has 1 atom stereocenters. The number of rotatable bonds is 7. The molecule has 22 heavy (non-hydrogen) atoms. The lowest BCUT2D eigenvalue weighted by Crippen LogP contribution is -2.33. The molecule has 5 nitrogen and oxygen atoms in total. The number of hydrogen-bond acceptors (Lipinski definition) is 4. The van der Waals surface area contributed by atoms with Gasteiger partial charge < -0.3 is 15.2 Å². The first-order valence-electron chi connectivity index (χ1n) is 6.47. The summed E-state index contributed by atoms with van der Waals surface area (Å²) in [5.74, 6) is -0.836. The highest BCUT2D eigenvalue weighted by molar-refractivity contribution is 7.10. The van der Waals surface area contributed by atoms with Crippen LogP contribution >= 0.6 is 22.9 Å². The Hall–Kier alpha value is -2.05. The molecule has 0 unspecified atom stereocenters. The van der Waals surface area contributed by atoms with Crippen LogP contribution in [0.3, 0.4) is 0 Å². The van der Waals surface area contributed by atoms with E-state index >= 15 is 0 Å². The summed E-state index contributed by atoms with van der Waals surface area (Å²) in [4.78, 5) is 23.6. The van der Waals surface area contributed by atoms with Crippen molar-refractivity contribution in [1.29, 1.82) is 0 Å². The van der Waals surface area contributed by atoms with Crippen LogP contribution in [0.5, 0.6) is 5.75 Å². The average Bonchev–Trinajstić information content (AvgIpc) is 3.00. The zero-order chi connectivity index (χ0) is 15.9. The van der Waals surface area contributed by atoms with Crippen LogP contribution in [0.1, 0.15) is 17.3 Å². The Morgan fingerprint density at radius 2 is 2.00 bits per heavy atom. The van der Waals surface area contributed by atoms with E-state index in [9.17, 15) is 9.59 Å². The van der Waals surface area contributed by atoms with Crippen LogP contribution in [0.2, 0.25) is 5.02 Å². The van der Waals surface area contributed by atoms with Gasteiger partial charge >= 0.3 is 5.97 Å². The van der Waals surface area contributed by atoms with Gasteiger partial charge in [-0.15, -0.1) is 11.3 Å². The highest BCUT2D eigenvalue weighted by Crippen LogP contribution is 2.22. The highest BCUT2D eigenvalue weighted by atomic mass is 35.5. The first-order valence-corrected chi connectivity index (χ1v) is 7.73. The van der Waals surface area contributed by atoms with E-state index in [1.54, 1.807) is 30.3 Å². The minimum absolute atomic E-state index is 0.173. The smallest absolute Gasteiger partial charge is 0.305 e.